The zero-order valence-corrected chi connectivity index (χ0v) is 13.0. The van der Waals surface area contributed by atoms with Crippen LogP contribution in [0.4, 0.5) is 0 Å². The summed E-state index contributed by atoms with van der Waals surface area (Å²) in [6.45, 7) is 6.64. The predicted octanol–water partition coefficient (Wildman–Crippen LogP) is 1.20. The van der Waals surface area contributed by atoms with Gasteiger partial charge in [0.1, 0.15) is 5.75 Å². The van der Waals surface area contributed by atoms with Crippen molar-refractivity contribution in [3.8, 4) is 5.75 Å². The minimum atomic E-state index is 0.921. The maximum atomic E-state index is 5.45. The van der Waals surface area contributed by atoms with Crippen molar-refractivity contribution in [2.45, 2.75) is 13.0 Å². The number of hydrogen-bond donors (Lipinski definition) is 1. The Morgan fingerprint density at radius 2 is 2.00 bits per heavy atom. The number of methoxy groups -OCH3 is 1. The molecule has 4 nitrogen and oxygen atoms in total. The molecule has 0 radical (unpaired) electrons. The van der Waals surface area contributed by atoms with E-state index in [2.05, 4.69) is 47.4 Å². The van der Waals surface area contributed by atoms with E-state index in [4.69, 9.17) is 4.74 Å². The molecule has 2 rings (SSSR count). The molecule has 0 saturated carbocycles. The van der Waals surface area contributed by atoms with E-state index < -0.39 is 0 Å². The third-order valence-electron chi connectivity index (χ3n) is 3.76. The molecule has 1 aromatic rings. The fourth-order valence-electron chi connectivity index (χ4n) is 2.67. The van der Waals surface area contributed by atoms with Crippen molar-refractivity contribution in [1.82, 2.24) is 15.1 Å². The molecule has 1 N–H and O–H groups in total. The van der Waals surface area contributed by atoms with Gasteiger partial charge >= 0.3 is 0 Å². The zero-order chi connectivity index (χ0) is 14.4. The van der Waals surface area contributed by atoms with Crippen molar-refractivity contribution in [3.05, 3.63) is 29.3 Å². The Balaban J connectivity index is 1.96. The molecule has 0 bridgehead atoms. The molecule has 0 aromatic heterocycles. The molecule has 1 aliphatic heterocycles. The van der Waals surface area contributed by atoms with Gasteiger partial charge in [-0.1, -0.05) is 12.1 Å². The lowest BCUT2D eigenvalue weighted by atomic mass is 10.1. The van der Waals surface area contributed by atoms with E-state index in [1.807, 2.05) is 0 Å². The molecular weight excluding hydrogens is 250 g/mol. The Bertz CT molecular complexity index is 414. The second kappa shape index (κ2) is 7.62. The van der Waals surface area contributed by atoms with Crippen LogP contribution in [0.15, 0.2) is 18.2 Å². The molecule has 0 amide bonds. The molecule has 112 valence electrons. The molecule has 0 aliphatic carbocycles. The molecule has 1 heterocycles. The van der Waals surface area contributed by atoms with Gasteiger partial charge in [0.15, 0.2) is 0 Å². The summed E-state index contributed by atoms with van der Waals surface area (Å²) >= 11 is 0. The van der Waals surface area contributed by atoms with Crippen molar-refractivity contribution in [1.29, 1.82) is 0 Å². The lowest BCUT2D eigenvalue weighted by Crippen LogP contribution is -2.44. The normalized spacial score (nSPS) is 16.6. The number of benzene rings is 1. The van der Waals surface area contributed by atoms with Gasteiger partial charge in [-0.2, -0.15) is 0 Å². The predicted molar refractivity (Wildman–Crippen MR) is 83.4 cm³/mol. The molecule has 4 heteroatoms. The van der Waals surface area contributed by atoms with Crippen molar-refractivity contribution < 1.29 is 4.74 Å². The highest BCUT2D eigenvalue weighted by molar-refractivity contribution is 5.37. The van der Waals surface area contributed by atoms with E-state index in [-0.39, 0.29) is 0 Å². The van der Waals surface area contributed by atoms with Crippen LogP contribution in [0.5, 0.6) is 5.75 Å². The highest BCUT2D eigenvalue weighted by Crippen LogP contribution is 2.21. The zero-order valence-electron chi connectivity index (χ0n) is 13.0. The summed E-state index contributed by atoms with van der Waals surface area (Å²) in [5, 5.41) is 3.39. The van der Waals surface area contributed by atoms with Crippen LogP contribution < -0.4 is 10.1 Å². The number of hydrogen-bond acceptors (Lipinski definition) is 4. The third-order valence-corrected chi connectivity index (χ3v) is 3.76. The second-order valence-corrected chi connectivity index (χ2v) is 5.73. The minimum absolute atomic E-state index is 0.921. The van der Waals surface area contributed by atoms with Crippen LogP contribution in [0, 0.1) is 0 Å². The number of rotatable bonds is 6. The summed E-state index contributed by atoms with van der Waals surface area (Å²) in [5.41, 5.74) is 2.68. The Morgan fingerprint density at radius 3 is 2.65 bits per heavy atom. The largest absolute Gasteiger partial charge is 0.496 e. The maximum absolute atomic E-state index is 5.45. The van der Waals surface area contributed by atoms with Crippen LogP contribution in [-0.4, -0.2) is 63.7 Å². The molecule has 0 unspecified atom stereocenters. The first-order valence-corrected chi connectivity index (χ1v) is 7.42. The molecule has 20 heavy (non-hydrogen) atoms. The number of ether oxygens (including phenoxy) is 1. The molecular formula is C16H27N3O. The highest BCUT2D eigenvalue weighted by atomic mass is 16.5. The summed E-state index contributed by atoms with van der Waals surface area (Å²) in [6.07, 6.45) is 1.12. The average Bonchev–Trinajstić information content (AvgIpc) is 2.46. The van der Waals surface area contributed by atoms with Gasteiger partial charge in [0, 0.05) is 44.8 Å². The summed E-state index contributed by atoms with van der Waals surface area (Å²) in [7, 11) is 5.93. The first-order chi connectivity index (χ1) is 9.69. The lowest BCUT2D eigenvalue weighted by Gasteiger charge is -2.27. The van der Waals surface area contributed by atoms with Crippen molar-refractivity contribution >= 4 is 0 Å². The van der Waals surface area contributed by atoms with Crippen LogP contribution >= 0.6 is 0 Å². The lowest BCUT2D eigenvalue weighted by molar-refractivity contribution is 0.244. The summed E-state index contributed by atoms with van der Waals surface area (Å²) < 4.78 is 5.45. The standard InChI is InChI=1S/C16H27N3O/c1-18(2)13-15-12-14(4-5-16(15)20-3)6-9-19-10-7-17-8-11-19/h4-5,12,17H,6-11,13H2,1-3H3. The van der Waals surface area contributed by atoms with E-state index >= 15 is 0 Å². The quantitative estimate of drug-likeness (QED) is 0.846. The smallest absolute Gasteiger partial charge is 0.123 e. The van der Waals surface area contributed by atoms with Crippen molar-refractivity contribution in [2.75, 3.05) is 53.9 Å². The van der Waals surface area contributed by atoms with Gasteiger partial charge in [0.25, 0.3) is 0 Å². The van der Waals surface area contributed by atoms with E-state index in [1.54, 1.807) is 7.11 Å². The molecule has 0 atom stereocenters. The molecule has 1 saturated heterocycles. The number of nitrogens with zero attached hydrogens (tertiary/aromatic N) is 2. The topological polar surface area (TPSA) is 27.7 Å². The minimum Gasteiger partial charge on any atom is -0.496 e. The average molecular weight is 277 g/mol. The van der Waals surface area contributed by atoms with Crippen LogP contribution in [0.1, 0.15) is 11.1 Å². The van der Waals surface area contributed by atoms with Crippen LogP contribution in [0.3, 0.4) is 0 Å². The monoisotopic (exact) mass is 277 g/mol. The van der Waals surface area contributed by atoms with Gasteiger partial charge in [-0.15, -0.1) is 0 Å². The molecule has 0 spiro atoms. The maximum Gasteiger partial charge on any atom is 0.123 e. The van der Waals surface area contributed by atoms with Gasteiger partial charge < -0.3 is 19.9 Å². The highest BCUT2D eigenvalue weighted by Gasteiger charge is 2.10. The molecule has 1 fully saturated rings. The Hall–Kier alpha value is -1.10. The van der Waals surface area contributed by atoms with Crippen molar-refractivity contribution in [2.24, 2.45) is 0 Å². The van der Waals surface area contributed by atoms with Gasteiger partial charge in [-0.25, -0.2) is 0 Å². The van der Waals surface area contributed by atoms with Crippen LogP contribution in [0.2, 0.25) is 0 Å². The van der Waals surface area contributed by atoms with Crippen LogP contribution in [-0.2, 0) is 13.0 Å². The van der Waals surface area contributed by atoms with Gasteiger partial charge in [-0.3, -0.25) is 0 Å². The van der Waals surface area contributed by atoms with Crippen molar-refractivity contribution in [3.63, 3.8) is 0 Å². The fraction of sp³-hybridized carbons (Fsp3) is 0.625. The number of piperazine rings is 1. The Kier molecular flexibility index (Phi) is 5.83. The van der Waals surface area contributed by atoms with E-state index in [9.17, 15) is 0 Å². The first kappa shape index (κ1) is 15.3. The summed E-state index contributed by atoms with van der Waals surface area (Å²) in [4.78, 5) is 4.71. The van der Waals surface area contributed by atoms with Gasteiger partial charge in [0.05, 0.1) is 7.11 Å². The Morgan fingerprint density at radius 1 is 1.25 bits per heavy atom. The summed E-state index contributed by atoms with van der Waals surface area (Å²) in [5.74, 6) is 0.990. The van der Waals surface area contributed by atoms with E-state index in [1.165, 1.54) is 24.2 Å². The van der Waals surface area contributed by atoms with Gasteiger partial charge in [-0.05, 0) is 32.1 Å². The van der Waals surface area contributed by atoms with E-state index in [0.717, 1.165) is 38.3 Å². The number of nitrogens with one attached hydrogen (secondary N) is 1. The van der Waals surface area contributed by atoms with Gasteiger partial charge in [0.2, 0.25) is 0 Å². The fourth-order valence-corrected chi connectivity index (χ4v) is 2.67. The summed E-state index contributed by atoms with van der Waals surface area (Å²) in [6, 6.07) is 6.59. The first-order valence-electron chi connectivity index (χ1n) is 7.42. The SMILES string of the molecule is COc1ccc(CCN2CCNCC2)cc1CN(C)C. The Labute approximate surface area is 122 Å². The van der Waals surface area contributed by atoms with E-state index in [0.29, 0.717) is 0 Å². The third kappa shape index (κ3) is 4.47. The second-order valence-electron chi connectivity index (χ2n) is 5.73. The molecule has 1 aromatic carbocycles. The molecule has 1 aliphatic rings. The van der Waals surface area contributed by atoms with Crippen LogP contribution in [0.25, 0.3) is 0 Å².